The molecule has 4 heteroatoms. The molecule has 0 aromatic heterocycles. The molecule has 0 aliphatic carbocycles. The molecular formula is C15H26N2O2. The van der Waals surface area contributed by atoms with Gasteiger partial charge in [0, 0.05) is 24.5 Å². The minimum Gasteiger partial charge on any atom is -0.465 e. The van der Waals surface area contributed by atoms with Crippen LogP contribution in [0.3, 0.4) is 0 Å². The number of nitriles is 1. The lowest BCUT2D eigenvalue weighted by atomic mass is 9.83. The first-order valence-corrected chi connectivity index (χ1v) is 7.16. The molecule has 1 saturated heterocycles. The van der Waals surface area contributed by atoms with E-state index in [4.69, 9.17) is 4.74 Å². The van der Waals surface area contributed by atoms with Gasteiger partial charge in [0.15, 0.2) is 0 Å². The first-order valence-electron chi connectivity index (χ1n) is 7.16. The number of hydrogen-bond acceptors (Lipinski definition) is 4. The lowest BCUT2D eigenvalue weighted by Gasteiger charge is -2.32. The van der Waals surface area contributed by atoms with Crippen LogP contribution in [0.1, 0.15) is 41.0 Å². The van der Waals surface area contributed by atoms with Crippen molar-refractivity contribution in [3.8, 4) is 6.07 Å². The number of rotatable bonds is 4. The Balaban J connectivity index is 2.85. The summed E-state index contributed by atoms with van der Waals surface area (Å²) in [5.41, 5.74) is 0.0802. The molecule has 1 fully saturated rings. The molecule has 0 amide bonds. The number of carbonyl (C=O) groups excluding carboxylic acids is 1. The van der Waals surface area contributed by atoms with E-state index in [0.29, 0.717) is 12.5 Å². The average molecular weight is 266 g/mol. The van der Waals surface area contributed by atoms with Crippen molar-refractivity contribution >= 4 is 5.97 Å². The molecule has 0 aromatic carbocycles. The first-order chi connectivity index (χ1) is 8.85. The lowest BCUT2D eigenvalue weighted by Crippen LogP contribution is -2.40. The van der Waals surface area contributed by atoms with E-state index >= 15 is 0 Å². The second kappa shape index (κ2) is 6.38. The number of likely N-dealkylation sites (tertiary alicyclic amines) is 1. The number of nitrogens with zero attached hydrogens (tertiary/aromatic N) is 2. The Morgan fingerprint density at radius 2 is 2.05 bits per heavy atom. The highest BCUT2D eigenvalue weighted by molar-refractivity contribution is 5.75. The van der Waals surface area contributed by atoms with E-state index in [0.717, 1.165) is 19.5 Å². The molecule has 1 aliphatic heterocycles. The molecule has 0 bridgehead atoms. The zero-order chi connectivity index (χ0) is 14.6. The Morgan fingerprint density at radius 3 is 2.47 bits per heavy atom. The summed E-state index contributed by atoms with van der Waals surface area (Å²) in [5, 5.41) is 9.32. The monoisotopic (exact) mass is 266 g/mol. The van der Waals surface area contributed by atoms with Crippen LogP contribution in [-0.2, 0) is 9.53 Å². The Labute approximate surface area is 116 Å². The van der Waals surface area contributed by atoms with E-state index in [9.17, 15) is 10.1 Å². The van der Waals surface area contributed by atoms with Crippen molar-refractivity contribution in [2.45, 2.75) is 46.6 Å². The third-order valence-electron chi connectivity index (χ3n) is 4.07. The van der Waals surface area contributed by atoms with Crippen LogP contribution in [0.2, 0.25) is 0 Å². The number of hydrogen-bond donors (Lipinski definition) is 0. The van der Waals surface area contributed by atoms with Gasteiger partial charge >= 0.3 is 5.97 Å². The van der Waals surface area contributed by atoms with Crippen molar-refractivity contribution in [2.75, 3.05) is 19.7 Å². The molecule has 1 aliphatic rings. The predicted molar refractivity (Wildman–Crippen MR) is 74.3 cm³/mol. The lowest BCUT2D eigenvalue weighted by molar-refractivity contribution is -0.148. The summed E-state index contributed by atoms with van der Waals surface area (Å²) >= 11 is 0. The highest BCUT2D eigenvalue weighted by Gasteiger charge is 2.43. The molecule has 0 N–H and O–H groups in total. The summed E-state index contributed by atoms with van der Waals surface area (Å²) in [5.74, 6) is -0.497. The van der Waals surface area contributed by atoms with Gasteiger partial charge < -0.3 is 4.74 Å². The van der Waals surface area contributed by atoms with Crippen LogP contribution in [0.25, 0.3) is 0 Å². The minimum absolute atomic E-state index is 0.0802. The molecule has 19 heavy (non-hydrogen) atoms. The predicted octanol–water partition coefficient (Wildman–Crippen LogP) is 2.45. The molecule has 0 saturated carbocycles. The minimum atomic E-state index is -0.628. The van der Waals surface area contributed by atoms with Gasteiger partial charge in [0.1, 0.15) is 5.92 Å². The highest BCUT2D eigenvalue weighted by atomic mass is 16.5. The van der Waals surface area contributed by atoms with Crippen LogP contribution in [0, 0.1) is 29.1 Å². The van der Waals surface area contributed by atoms with Gasteiger partial charge in [-0.1, -0.05) is 13.3 Å². The molecule has 3 unspecified atom stereocenters. The molecule has 1 heterocycles. The van der Waals surface area contributed by atoms with Gasteiger partial charge in [0.2, 0.25) is 0 Å². The van der Waals surface area contributed by atoms with Crippen LogP contribution >= 0.6 is 0 Å². The van der Waals surface area contributed by atoms with E-state index in [-0.39, 0.29) is 17.4 Å². The van der Waals surface area contributed by atoms with Gasteiger partial charge in [0.05, 0.1) is 12.7 Å². The van der Waals surface area contributed by atoms with Gasteiger partial charge in [-0.25, -0.2) is 0 Å². The maximum atomic E-state index is 11.9. The Kier molecular flexibility index (Phi) is 5.37. The van der Waals surface area contributed by atoms with Crippen LogP contribution < -0.4 is 0 Å². The highest BCUT2D eigenvalue weighted by Crippen LogP contribution is 2.35. The molecule has 0 aromatic rings. The van der Waals surface area contributed by atoms with E-state index in [2.05, 4.69) is 38.7 Å². The van der Waals surface area contributed by atoms with Crippen molar-refractivity contribution in [1.82, 2.24) is 4.90 Å². The Bertz CT molecular complexity index is 354. The number of carbonyl (C=O) groups is 1. The molecule has 1 rings (SSSR count). The van der Waals surface area contributed by atoms with Crippen molar-refractivity contribution < 1.29 is 9.53 Å². The quantitative estimate of drug-likeness (QED) is 0.733. The molecule has 0 radical (unpaired) electrons. The number of esters is 1. The average Bonchev–Trinajstić information content (AvgIpc) is 2.74. The molecular weight excluding hydrogens is 240 g/mol. The van der Waals surface area contributed by atoms with Gasteiger partial charge in [0.25, 0.3) is 0 Å². The maximum Gasteiger partial charge on any atom is 0.323 e. The van der Waals surface area contributed by atoms with Crippen molar-refractivity contribution in [2.24, 2.45) is 17.8 Å². The smallest absolute Gasteiger partial charge is 0.323 e. The summed E-state index contributed by atoms with van der Waals surface area (Å²) in [6.07, 6.45) is 0.995. The van der Waals surface area contributed by atoms with Crippen LogP contribution in [0.15, 0.2) is 0 Å². The van der Waals surface area contributed by atoms with Crippen molar-refractivity contribution in [3.05, 3.63) is 0 Å². The second-order valence-electron chi connectivity index (χ2n) is 6.27. The third kappa shape index (κ3) is 3.70. The normalized spacial score (nSPS) is 25.9. The Morgan fingerprint density at radius 1 is 1.42 bits per heavy atom. The topological polar surface area (TPSA) is 53.3 Å². The molecule has 0 spiro atoms. The standard InChI is InChI=1S/C15H26N2O2/c1-6-11-9-17(15(3,4)5)10-13(11)12(8-16)14(18)19-7-2/h11-13H,6-7,9-10H2,1-5H3. The van der Waals surface area contributed by atoms with Crippen LogP contribution in [0.5, 0.6) is 0 Å². The van der Waals surface area contributed by atoms with Crippen LogP contribution in [-0.4, -0.2) is 36.1 Å². The fraction of sp³-hybridized carbons (Fsp3) is 0.867. The van der Waals surface area contributed by atoms with Crippen molar-refractivity contribution in [1.29, 1.82) is 5.26 Å². The van der Waals surface area contributed by atoms with Crippen LogP contribution in [0.4, 0.5) is 0 Å². The zero-order valence-electron chi connectivity index (χ0n) is 12.8. The Hall–Kier alpha value is -1.08. The largest absolute Gasteiger partial charge is 0.465 e. The number of ether oxygens (including phenoxy) is 1. The summed E-state index contributed by atoms with van der Waals surface area (Å²) in [7, 11) is 0. The first kappa shape index (κ1) is 16.0. The molecule has 108 valence electrons. The van der Waals surface area contributed by atoms with Gasteiger partial charge in [-0.3, -0.25) is 9.69 Å². The summed E-state index contributed by atoms with van der Waals surface area (Å²) in [6, 6.07) is 2.16. The fourth-order valence-corrected chi connectivity index (χ4v) is 2.81. The fourth-order valence-electron chi connectivity index (χ4n) is 2.81. The third-order valence-corrected chi connectivity index (χ3v) is 4.07. The van der Waals surface area contributed by atoms with E-state index in [1.54, 1.807) is 6.92 Å². The van der Waals surface area contributed by atoms with Crippen molar-refractivity contribution in [3.63, 3.8) is 0 Å². The van der Waals surface area contributed by atoms with Gasteiger partial charge in [-0.15, -0.1) is 0 Å². The zero-order valence-corrected chi connectivity index (χ0v) is 12.8. The summed E-state index contributed by atoms with van der Waals surface area (Å²) in [6.45, 7) is 12.5. The summed E-state index contributed by atoms with van der Waals surface area (Å²) < 4.78 is 5.04. The van der Waals surface area contributed by atoms with E-state index < -0.39 is 5.92 Å². The maximum absolute atomic E-state index is 11.9. The summed E-state index contributed by atoms with van der Waals surface area (Å²) in [4.78, 5) is 14.3. The van der Waals surface area contributed by atoms with Gasteiger partial charge in [-0.05, 0) is 33.6 Å². The van der Waals surface area contributed by atoms with E-state index in [1.165, 1.54) is 0 Å². The molecule has 4 nitrogen and oxygen atoms in total. The van der Waals surface area contributed by atoms with E-state index in [1.807, 2.05) is 0 Å². The SMILES string of the molecule is CCOC(=O)C(C#N)C1CN(C(C)(C)C)CC1CC. The van der Waals surface area contributed by atoms with Gasteiger partial charge in [-0.2, -0.15) is 5.26 Å². The second-order valence-corrected chi connectivity index (χ2v) is 6.27. The molecule has 3 atom stereocenters.